The van der Waals surface area contributed by atoms with Crippen molar-refractivity contribution >= 4 is 9.84 Å². The molecule has 22 heavy (non-hydrogen) atoms. The van der Waals surface area contributed by atoms with E-state index >= 15 is 0 Å². The third kappa shape index (κ3) is 3.06. The Bertz CT molecular complexity index is 620. The van der Waals surface area contributed by atoms with E-state index in [0.717, 1.165) is 44.8 Å². The molecule has 1 atom stereocenters. The molecule has 0 aliphatic carbocycles. The molecule has 1 spiro atoms. The van der Waals surface area contributed by atoms with Gasteiger partial charge in [0.2, 0.25) is 0 Å². The van der Waals surface area contributed by atoms with Crippen molar-refractivity contribution in [3.63, 3.8) is 0 Å². The van der Waals surface area contributed by atoms with Crippen LogP contribution >= 0.6 is 0 Å². The van der Waals surface area contributed by atoms with Gasteiger partial charge in [0.15, 0.2) is 9.84 Å². The molecule has 0 saturated carbocycles. The first-order valence-electron chi connectivity index (χ1n) is 7.57. The summed E-state index contributed by atoms with van der Waals surface area (Å²) in [7, 11) is -1.38. The van der Waals surface area contributed by atoms with Crippen molar-refractivity contribution < 1.29 is 17.9 Å². The second-order valence-electron chi connectivity index (χ2n) is 6.42. The average molecular weight is 325 g/mol. The lowest BCUT2D eigenvalue weighted by atomic mass is 9.81. The van der Waals surface area contributed by atoms with Crippen molar-refractivity contribution in [2.24, 2.45) is 5.92 Å². The molecule has 2 aliphatic heterocycles. The topological polar surface area (TPSA) is 55.8 Å². The summed E-state index contributed by atoms with van der Waals surface area (Å²) in [5, 5.41) is 0. The number of sulfone groups is 1. The molecule has 0 N–H and O–H groups in total. The third-order valence-corrected chi connectivity index (χ3v) is 5.84. The Hall–Kier alpha value is -0.950. The molecule has 1 unspecified atom stereocenters. The minimum atomic E-state index is -3.12. The second-order valence-corrected chi connectivity index (χ2v) is 8.43. The van der Waals surface area contributed by atoms with Gasteiger partial charge in [0.1, 0.15) is 0 Å². The lowest BCUT2D eigenvalue weighted by Gasteiger charge is -2.50. The molecule has 0 bridgehead atoms. The predicted molar refractivity (Wildman–Crippen MR) is 83.5 cm³/mol. The van der Waals surface area contributed by atoms with Crippen LogP contribution in [-0.4, -0.2) is 58.6 Å². The van der Waals surface area contributed by atoms with Gasteiger partial charge < -0.3 is 9.47 Å². The van der Waals surface area contributed by atoms with Gasteiger partial charge in [-0.05, 0) is 24.1 Å². The van der Waals surface area contributed by atoms with Gasteiger partial charge in [-0.2, -0.15) is 0 Å². The molecule has 6 heteroatoms. The number of rotatable bonds is 5. The smallest absolute Gasteiger partial charge is 0.175 e. The van der Waals surface area contributed by atoms with E-state index in [1.165, 1.54) is 6.26 Å². The molecule has 0 radical (unpaired) electrons. The van der Waals surface area contributed by atoms with Gasteiger partial charge in [-0.25, -0.2) is 8.42 Å². The summed E-state index contributed by atoms with van der Waals surface area (Å²) >= 11 is 0. The number of methoxy groups -OCH3 is 1. The number of benzene rings is 1. The molecular formula is C16H23NO4S. The lowest BCUT2D eigenvalue weighted by Crippen LogP contribution is -2.64. The van der Waals surface area contributed by atoms with Crippen LogP contribution < -0.4 is 0 Å². The zero-order chi connectivity index (χ0) is 15.8. The molecule has 0 aromatic heterocycles. The summed E-state index contributed by atoms with van der Waals surface area (Å²) in [6.45, 7) is 4.26. The zero-order valence-corrected chi connectivity index (χ0v) is 13.9. The van der Waals surface area contributed by atoms with E-state index in [0.29, 0.717) is 10.8 Å². The molecule has 2 fully saturated rings. The van der Waals surface area contributed by atoms with Crippen LogP contribution in [0.4, 0.5) is 0 Å². The van der Waals surface area contributed by atoms with E-state index < -0.39 is 9.84 Å². The van der Waals surface area contributed by atoms with Crippen LogP contribution in [0.2, 0.25) is 0 Å². The van der Waals surface area contributed by atoms with Crippen molar-refractivity contribution in [2.75, 3.05) is 39.7 Å². The number of ether oxygens (including phenoxy) is 2. The molecule has 5 nitrogen and oxygen atoms in total. The summed E-state index contributed by atoms with van der Waals surface area (Å²) in [4.78, 5) is 2.71. The molecule has 122 valence electrons. The molecule has 2 saturated heterocycles. The van der Waals surface area contributed by atoms with Crippen molar-refractivity contribution in [3.8, 4) is 0 Å². The van der Waals surface area contributed by atoms with E-state index in [4.69, 9.17) is 9.47 Å². The van der Waals surface area contributed by atoms with E-state index in [2.05, 4.69) is 4.90 Å². The molecule has 2 heterocycles. The van der Waals surface area contributed by atoms with Gasteiger partial charge >= 0.3 is 0 Å². The molecule has 2 aliphatic rings. The average Bonchev–Trinajstić information content (AvgIpc) is 2.82. The van der Waals surface area contributed by atoms with Crippen LogP contribution in [0.15, 0.2) is 29.2 Å². The van der Waals surface area contributed by atoms with Gasteiger partial charge in [-0.15, -0.1) is 0 Å². The van der Waals surface area contributed by atoms with E-state index in [-0.39, 0.29) is 5.60 Å². The van der Waals surface area contributed by atoms with Gasteiger partial charge in [-0.3, -0.25) is 4.90 Å². The number of hydrogen-bond acceptors (Lipinski definition) is 5. The standard InChI is InChI=1S/C16H23NO4S/c1-20-10-14-7-8-21-16(14)11-17(12-16)9-13-3-5-15(6-4-13)22(2,18)19/h3-6,14H,7-12H2,1-2H3. The van der Waals surface area contributed by atoms with E-state index in [1.54, 1.807) is 19.2 Å². The fraction of sp³-hybridized carbons (Fsp3) is 0.625. The van der Waals surface area contributed by atoms with Crippen molar-refractivity contribution in [2.45, 2.75) is 23.5 Å². The lowest BCUT2D eigenvalue weighted by molar-refractivity contribution is -0.143. The van der Waals surface area contributed by atoms with Gasteiger partial charge in [0, 0.05) is 45.5 Å². The van der Waals surface area contributed by atoms with Crippen LogP contribution in [0.5, 0.6) is 0 Å². The fourth-order valence-electron chi connectivity index (χ4n) is 3.49. The third-order valence-electron chi connectivity index (χ3n) is 4.71. The van der Waals surface area contributed by atoms with Gasteiger partial charge in [0.25, 0.3) is 0 Å². The maximum atomic E-state index is 11.5. The fourth-order valence-corrected chi connectivity index (χ4v) is 4.12. The normalized spacial score (nSPS) is 24.5. The van der Waals surface area contributed by atoms with Crippen molar-refractivity contribution in [1.82, 2.24) is 4.90 Å². The minimum Gasteiger partial charge on any atom is -0.384 e. The first kappa shape index (κ1) is 15.9. The summed E-state index contributed by atoms with van der Waals surface area (Å²) in [6, 6.07) is 7.15. The number of nitrogens with zero attached hydrogens (tertiary/aromatic N) is 1. The molecule has 3 rings (SSSR count). The number of likely N-dealkylation sites (tertiary alicyclic amines) is 1. The Kier molecular flexibility index (Phi) is 4.29. The van der Waals surface area contributed by atoms with Gasteiger partial charge in [-0.1, -0.05) is 12.1 Å². The van der Waals surface area contributed by atoms with Crippen LogP contribution in [0.25, 0.3) is 0 Å². The van der Waals surface area contributed by atoms with Crippen LogP contribution in [0, 0.1) is 5.92 Å². The highest BCUT2D eigenvalue weighted by Gasteiger charge is 2.52. The highest BCUT2D eigenvalue weighted by Crippen LogP contribution is 2.40. The first-order valence-corrected chi connectivity index (χ1v) is 9.46. The highest BCUT2D eigenvalue weighted by molar-refractivity contribution is 7.90. The molecule has 1 aromatic carbocycles. The van der Waals surface area contributed by atoms with Gasteiger partial charge in [0.05, 0.1) is 17.1 Å². The summed E-state index contributed by atoms with van der Waals surface area (Å²) < 4.78 is 34.2. The first-order chi connectivity index (χ1) is 10.4. The predicted octanol–water partition coefficient (Wildman–Crippen LogP) is 1.33. The van der Waals surface area contributed by atoms with E-state index in [1.807, 2.05) is 12.1 Å². The number of hydrogen-bond donors (Lipinski definition) is 0. The highest BCUT2D eigenvalue weighted by atomic mass is 32.2. The largest absolute Gasteiger partial charge is 0.384 e. The maximum Gasteiger partial charge on any atom is 0.175 e. The van der Waals surface area contributed by atoms with Crippen molar-refractivity contribution in [3.05, 3.63) is 29.8 Å². The quantitative estimate of drug-likeness (QED) is 0.817. The van der Waals surface area contributed by atoms with E-state index in [9.17, 15) is 8.42 Å². The molecule has 1 aromatic rings. The Labute approximate surface area is 132 Å². The van der Waals surface area contributed by atoms with Crippen LogP contribution in [-0.2, 0) is 25.9 Å². The SMILES string of the molecule is COCC1CCOC12CN(Cc1ccc(S(C)(=O)=O)cc1)C2. The van der Waals surface area contributed by atoms with Crippen LogP contribution in [0.1, 0.15) is 12.0 Å². The monoisotopic (exact) mass is 325 g/mol. The Morgan fingerprint density at radius 3 is 2.59 bits per heavy atom. The van der Waals surface area contributed by atoms with Crippen LogP contribution in [0.3, 0.4) is 0 Å². The van der Waals surface area contributed by atoms with Crippen molar-refractivity contribution in [1.29, 1.82) is 0 Å². The zero-order valence-electron chi connectivity index (χ0n) is 13.1. The summed E-state index contributed by atoms with van der Waals surface area (Å²) in [6.07, 6.45) is 2.30. The summed E-state index contributed by atoms with van der Waals surface area (Å²) in [5.41, 5.74) is 1.10. The Morgan fingerprint density at radius 1 is 1.32 bits per heavy atom. The molecular weight excluding hydrogens is 302 g/mol. The second kappa shape index (κ2) is 5.92. The maximum absolute atomic E-state index is 11.5. The minimum absolute atomic E-state index is 0.0251. The summed E-state index contributed by atoms with van der Waals surface area (Å²) in [5.74, 6) is 0.487. The molecule has 0 amide bonds. The Morgan fingerprint density at radius 2 is 2.00 bits per heavy atom. The Balaban J connectivity index is 1.58.